The summed E-state index contributed by atoms with van der Waals surface area (Å²) in [5.74, 6) is 1.06. The van der Waals surface area contributed by atoms with Crippen molar-refractivity contribution in [2.75, 3.05) is 13.1 Å². The largest absolute Gasteiger partial charge is 0.481 e. The summed E-state index contributed by atoms with van der Waals surface area (Å²) in [5, 5.41) is 11.9. The van der Waals surface area contributed by atoms with Gasteiger partial charge in [0.15, 0.2) is 0 Å². The second-order valence-corrected chi connectivity index (χ2v) is 6.68. The molecule has 112 valence electrons. The Labute approximate surface area is 119 Å². The van der Waals surface area contributed by atoms with Gasteiger partial charge in [-0.2, -0.15) is 0 Å². The van der Waals surface area contributed by atoms with Crippen molar-refractivity contribution in [1.29, 1.82) is 0 Å². The van der Waals surface area contributed by atoms with Gasteiger partial charge in [-0.3, -0.25) is 4.79 Å². The maximum absolute atomic E-state index is 12.3. The Bertz CT molecular complexity index is 379. The highest BCUT2D eigenvalue weighted by Crippen LogP contribution is 2.44. The lowest BCUT2D eigenvalue weighted by molar-refractivity contribution is -0.137. The number of carbonyl (C=O) groups is 2. The highest BCUT2D eigenvalue weighted by Gasteiger charge is 2.43. The van der Waals surface area contributed by atoms with Gasteiger partial charge in [0.25, 0.3) is 0 Å². The summed E-state index contributed by atoms with van der Waals surface area (Å²) in [6.07, 6.45) is 6.91. The van der Waals surface area contributed by atoms with Crippen molar-refractivity contribution in [3.8, 4) is 0 Å². The number of nitrogens with zero attached hydrogens (tertiary/aromatic N) is 1. The number of nitrogens with one attached hydrogen (secondary N) is 1. The van der Waals surface area contributed by atoms with E-state index in [2.05, 4.69) is 5.32 Å². The number of carboxylic acids is 1. The van der Waals surface area contributed by atoms with Gasteiger partial charge in [0.05, 0.1) is 0 Å². The Hall–Kier alpha value is -1.26. The summed E-state index contributed by atoms with van der Waals surface area (Å²) in [4.78, 5) is 24.8. The molecule has 0 aromatic heterocycles. The molecule has 1 heterocycles. The zero-order chi connectivity index (χ0) is 14.1. The molecule has 20 heavy (non-hydrogen) atoms. The van der Waals surface area contributed by atoms with Crippen molar-refractivity contribution < 1.29 is 14.7 Å². The lowest BCUT2D eigenvalue weighted by Crippen LogP contribution is -2.45. The predicted octanol–water partition coefficient (Wildman–Crippen LogP) is 2.07. The van der Waals surface area contributed by atoms with Gasteiger partial charge >= 0.3 is 12.0 Å². The van der Waals surface area contributed by atoms with Crippen molar-refractivity contribution in [3.05, 3.63) is 0 Å². The molecule has 0 spiro atoms. The maximum Gasteiger partial charge on any atom is 0.317 e. The molecule has 3 rings (SSSR count). The molecule has 5 nitrogen and oxygen atoms in total. The number of amides is 2. The molecule has 2 N–H and O–H groups in total. The van der Waals surface area contributed by atoms with Crippen LogP contribution in [0.5, 0.6) is 0 Å². The number of aliphatic carboxylic acids is 1. The van der Waals surface area contributed by atoms with Gasteiger partial charge in [-0.25, -0.2) is 4.79 Å². The minimum Gasteiger partial charge on any atom is -0.481 e. The average molecular weight is 280 g/mol. The number of hydrogen-bond donors (Lipinski definition) is 2. The van der Waals surface area contributed by atoms with Gasteiger partial charge in [-0.15, -0.1) is 0 Å². The van der Waals surface area contributed by atoms with E-state index in [4.69, 9.17) is 5.11 Å². The van der Waals surface area contributed by atoms with E-state index in [0.29, 0.717) is 18.4 Å². The number of likely N-dealkylation sites (tertiary alicyclic amines) is 1. The lowest BCUT2D eigenvalue weighted by atomic mass is 10.0. The highest BCUT2D eigenvalue weighted by atomic mass is 16.4. The second-order valence-electron chi connectivity index (χ2n) is 6.68. The van der Waals surface area contributed by atoms with E-state index >= 15 is 0 Å². The van der Waals surface area contributed by atoms with Crippen molar-refractivity contribution in [1.82, 2.24) is 10.2 Å². The molecule has 2 aliphatic carbocycles. The predicted molar refractivity (Wildman–Crippen MR) is 74.3 cm³/mol. The Kier molecular flexibility index (Phi) is 3.85. The SMILES string of the molecule is O=C(O)CCC1CCN(C(=O)NC(C2CC2)C2CC2)C1. The van der Waals surface area contributed by atoms with E-state index in [-0.39, 0.29) is 12.5 Å². The normalized spacial score (nSPS) is 26.1. The van der Waals surface area contributed by atoms with Crippen LogP contribution >= 0.6 is 0 Å². The van der Waals surface area contributed by atoms with Crippen LogP contribution in [0.2, 0.25) is 0 Å². The summed E-state index contributed by atoms with van der Waals surface area (Å²) in [6, 6.07) is 0.479. The van der Waals surface area contributed by atoms with Gasteiger partial charge < -0.3 is 15.3 Å². The zero-order valence-electron chi connectivity index (χ0n) is 11.9. The molecule has 3 aliphatic rings. The summed E-state index contributed by atoms with van der Waals surface area (Å²) >= 11 is 0. The fourth-order valence-corrected chi connectivity index (χ4v) is 3.35. The molecule has 0 aromatic rings. The molecule has 0 aromatic carbocycles. The van der Waals surface area contributed by atoms with Crippen LogP contribution in [0.1, 0.15) is 44.9 Å². The Morgan fingerprint density at radius 2 is 1.80 bits per heavy atom. The monoisotopic (exact) mass is 280 g/mol. The van der Waals surface area contributed by atoms with Gasteiger partial charge in [0.2, 0.25) is 0 Å². The standard InChI is InChI=1S/C15H24N2O3/c18-13(19)6-1-10-7-8-17(9-10)15(20)16-14(11-2-3-11)12-4-5-12/h10-12,14H,1-9H2,(H,16,20)(H,18,19). The van der Waals surface area contributed by atoms with Gasteiger partial charge in [0.1, 0.15) is 0 Å². The topological polar surface area (TPSA) is 69.6 Å². The number of carbonyl (C=O) groups excluding carboxylic acids is 1. The van der Waals surface area contributed by atoms with Crippen molar-refractivity contribution in [2.45, 2.75) is 51.0 Å². The summed E-state index contributed by atoms with van der Waals surface area (Å²) in [7, 11) is 0. The molecular formula is C15H24N2O3. The molecule has 1 unspecified atom stereocenters. The third-order valence-corrected chi connectivity index (χ3v) is 4.89. The second kappa shape index (κ2) is 5.62. The third kappa shape index (κ3) is 3.44. The van der Waals surface area contributed by atoms with E-state index in [1.54, 1.807) is 0 Å². The number of urea groups is 1. The summed E-state index contributed by atoms with van der Waals surface area (Å²) in [6.45, 7) is 1.50. The number of carboxylic acid groups (broad SMARTS) is 1. The first kappa shape index (κ1) is 13.7. The molecule has 0 radical (unpaired) electrons. The fraction of sp³-hybridized carbons (Fsp3) is 0.867. The first-order chi connectivity index (χ1) is 9.63. The molecule has 3 fully saturated rings. The highest BCUT2D eigenvalue weighted by molar-refractivity contribution is 5.75. The third-order valence-electron chi connectivity index (χ3n) is 4.89. The Morgan fingerprint density at radius 1 is 1.15 bits per heavy atom. The zero-order valence-corrected chi connectivity index (χ0v) is 11.9. The van der Waals surface area contributed by atoms with Crippen LogP contribution in [0.25, 0.3) is 0 Å². The molecule has 5 heteroatoms. The van der Waals surface area contributed by atoms with E-state index in [0.717, 1.165) is 31.3 Å². The Morgan fingerprint density at radius 3 is 2.35 bits per heavy atom. The molecule has 1 atom stereocenters. The molecule has 1 aliphatic heterocycles. The van der Waals surface area contributed by atoms with Gasteiger partial charge in [-0.1, -0.05) is 0 Å². The summed E-state index contributed by atoms with van der Waals surface area (Å²) < 4.78 is 0. The first-order valence-corrected chi connectivity index (χ1v) is 7.90. The number of rotatable bonds is 6. The van der Waals surface area contributed by atoms with Crippen molar-refractivity contribution >= 4 is 12.0 Å². The molecule has 2 saturated carbocycles. The van der Waals surface area contributed by atoms with Gasteiger partial charge in [-0.05, 0) is 56.3 Å². The van der Waals surface area contributed by atoms with Crippen molar-refractivity contribution in [3.63, 3.8) is 0 Å². The van der Waals surface area contributed by atoms with Crippen LogP contribution in [0, 0.1) is 17.8 Å². The number of hydrogen-bond acceptors (Lipinski definition) is 2. The van der Waals surface area contributed by atoms with E-state index in [1.807, 2.05) is 4.90 Å². The quantitative estimate of drug-likeness (QED) is 0.782. The van der Waals surface area contributed by atoms with Crippen LogP contribution in [0.4, 0.5) is 4.79 Å². The van der Waals surface area contributed by atoms with E-state index < -0.39 is 5.97 Å². The summed E-state index contributed by atoms with van der Waals surface area (Å²) in [5.41, 5.74) is 0. The van der Waals surface area contributed by atoms with Crippen LogP contribution in [0.3, 0.4) is 0 Å². The molecular weight excluding hydrogens is 256 g/mol. The van der Waals surface area contributed by atoms with Crippen molar-refractivity contribution in [2.24, 2.45) is 17.8 Å². The van der Waals surface area contributed by atoms with E-state index in [9.17, 15) is 9.59 Å². The van der Waals surface area contributed by atoms with E-state index in [1.165, 1.54) is 25.7 Å². The molecule has 0 bridgehead atoms. The minimum absolute atomic E-state index is 0.0756. The smallest absolute Gasteiger partial charge is 0.317 e. The lowest BCUT2D eigenvalue weighted by Gasteiger charge is -2.23. The first-order valence-electron chi connectivity index (χ1n) is 7.90. The fourth-order valence-electron chi connectivity index (χ4n) is 3.35. The molecule has 1 saturated heterocycles. The average Bonchev–Trinajstić information content (AvgIpc) is 3.32. The molecule has 2 amide bonds. The minimum atomic E-state index is -0.740. The van der Waals surface area contributed by atoms with Crippen LogP contribution in [0.15, 0.2) is 0 Å². The van der Waals surface area contributed by atoms with Crippen LogP contribution in [-0.4, -0.2) is 41.1 Å². The van der Waals surface area contributed by atoms with Crippen LogP contribution in [-0.2, 0) is 4.79 Å². The van der Waals surface area contributed by atoms with Gasteiger partial charge in [0, 0.05) is 25.6 Å². The maximum atomic E-state index is 12.3. The Balaban J connectivity index is 1.44. The van der Waals surface area contributed by atoms with Crippen LogP contribution < -0.4 is 5.32 Å².